The van der Waals surface area contributed by atoms with Crippen LogP contribution in [-0.4, -0.2) is 27.3 Å². The Hall–Kier alpha value is -2.47. The van der Waals surface area contributed by atoms with Crippen LogP contribution in [0.25, 0.3) is 0 Å². The number of aromatic nitrogens is 2. The van der Waals surface area contributed by atoms with Crippen molar-refractivity contribution in [1.29, 1.82) is 0 Å². The van der Waals surface area contributed by atoms with Crippen LogP contribution >= 0.6 is 11.3 Å². The lowest BCUT2D eigenvalue weighted by Crippen LogP contribution is -2.35. The summed E-state index contributed by atoms with van der Waals surface area (Å²) >= 11 is 1.39. The Morgan fingerprint density at radius 1 is 1.33 bits per heavy atom. The third-order valence-electron chi connectivity index (χ3n) is 4.20. The van der Waals surface area contributed by atoms with Crippen molar-refractivity contribution >= 4 is 17.2 Å². The average molecular weight is 339 g/mol. The van der Waals surface area contributed by atoms with Crippen molar-refractivity contribution in [3.8, 4) is 0 Å². The van der Waals surface area contributed by atoms with E-state index in [1.165, 1.54) is 16.9 Å². The molecule has 2 aromatic heterocycles. The first-order valence-corrected chi connectivity index (χ1v) is 8.79. The third kappa shape index (κ3) is 2.85. The topological polar surface area (TPSA) is 59.2 Å². The summed E-state index contributed by atoms with van der Waals surface area (Å²) < 4.78 is 5.89. The highest BCUT2D eigenvalue weighted by molar-refractivity contribution is 7.11. The van der Waals surface area contributed by atoms with Gasteiger partial charge in [-0.1, -0.05) is 30.3 Å². The quantitative estimate of drug-likeness (QED) is 0.735. The molecule has 0 N–H and O–H groups in total. The van der Waals surface area contributed by atoms with Crippen LogP contribution in [0.5, 0.6) is 0 Å². The fraction of sp³-hybridized carbons (Fsp3) is 0.278. The van der Waals surface area contributed by atoms with Gasteiger partial charge in [-0.05, 0) is 12.5 Å². The lowest BCUT2D eigenvalue weighted by molar-refractivity contribution is 0.0732. The van der Waals surface area contributed by atoms with Crippen LogP contribution in [0.15, 0.2) is 40.3 Å². The summed E-state index contributed by atoms with van der Waals surface area (Å²) in [5.41, 5.74) is 4.55. The molecule has 0 saturated carbocycles. The van der Waals surface area contributed by atoms with E-state index in [4.69, 9.17) is 4.42 Å². The molecule has 0 aliphatic carbocycles. The van der Waals surface area contributed by atoms with Gasteiger partial charge in [0, 0.05) is 19.4 Å². The standard InChI is InChI=1S/C18H17N3O2S/c1-12-17(24-11-19-12)18(22)21-8-7-15-14(10-21)20-16(23-15)9-13-5-3-2-4-6-13/h2-6,11H,7-10H2,1H3. The minimum Gasteiger partial charge on any atom is -0.445 e. The Morgan fingerprint density at radius 2 is 2.17 bits per heavy atom. The molecule has 1 amide bonds. The molecule has 1 aliphatic rings. The lowest BCUT2D eigenvalue weighted by Gasteiger charge is -2.24. The van der Waals surface area contributed by atoms with Gasteiger partial charge in [-0.3, -0.25) is 4.79 Å². The Labute approximate surface area is 144 Å². The van der Waals surface area contributed by atoms with Gasteiger partial charge < -0.3 is 9.32 Å². The Bertz CT molecular complexity index is 870. The molecule has 0 bridgehead atoms. The van der Waals surface area contributed by atoms with Gasteiger partial charge in [0.05, 0.1) is 17.7 Å². The molecule has 0 fully saturated rings. The van der Waals surface area contributed by atoms with Crippen LogP contribution in [0, 0.1) is 6.92 Å². The summed E-state index contributed by atoms with van der Waals surface area (Å²) in [5, 5.41) is 0. The van der Waals surface area contributed by atoms with Crippen molar-refractivity contribution < 1.29 is 9.21 Å². The number of oxazole rings is 1. The smallest absolute Gasteiger partial charge is 0.266 e. The molecule has 1 aromatic carbocycles. The second-order valence-electron chi connectivity index (χ2n) is 5.88. The number of amides is 1. The molecule has 6 heteroatoms. The molecule has 3 aromatic rings. The Morgan fingerprint density at radius 3 is 2.92 bits per heavy atom. The van der Waals surface area contributed by atoms with Crippen LogP contribution in [0.1, 0.15) is 38.3 Å². The number of thiazole rings is 1. The first kappa shape index (κ1) is 15.1. The maximum atomic E-state index is 12.6. The highest BCUT2D eigenvalue weighted by Crippen LogP contribution is 2.24. The number of rotatable bonds is 3. The van der Waals surface area contributed by atoms with Gasteiger partial charge in [-0.2, -0.15) is 0 Å². The molecule has 1 aliphatic heterocycles. The minimum absolute atomic E-state index is 0.0354. The SMILES string of the molecule is Cc1ncsc1C(=O)N1CCc2oc(Cc3ccccc3)nc2C1. The predicted octanol–water partition coefficient (Wildman–Crippen LogP) is 3.23. The summed E-state index contributed by atoms with van der Waals surface area (Å²) in [5.74, 6) is 1.66. The third-order valence-corrected chi connectivity index (χ3v) is 5.11. The van der Waals surface area contributed by atoms with E-state index >= 15 is 0 Å². The Kier molecular flexibility index (Phi) is 3.90. The van der Waals surface area contributed by atoms with E-state index in [0.717, 1.165) is 23.0 Å². The highest BCUT2D eigenvalue weighted by Gasteiger charge is 2.27. The number of nitrogens with zero attached hydrogens (tertiary/aromatic N) is 3. The monoisotopic (exact) mass is 339 g/mol. The summed E-state index contributed by atoms with van der Waals surface area (Å²) in [7, 11) is 0. The van der Waals surface area contributed by atoms with Crippen molar-refractivity contribution in [2.75, 3.05) is 6.54 Å². The van der Waals surface area contributed by atoms with E-state index in [1.54, 1.807) is 5.51 Å². The zero-order valence-corrected chi connectivity index (χ0v) is 14.2. The van der Waals surface area contributed by atoms with Crippen LogP contribution < -0.4 is 0 Å². The largest absolute Gasteiger partial charge is 0.445 e. The number of hydrogen-bond donors (Lipinski definition) is 0. The van der Waals surface area contributed by atoms with Crippen LogP contribution in [0.2, 0.25) is 0 Å². The second kappa shape index (κ2) is 6.20. The molecular formula is C18H17N3O2S. The zero-order chi connectivity index (χ0) is 16.5. The van der Waals surface area contributed by atoms with Gasteiger partial charge in [0.15, 0.2) is 5.89 Å². The van der Waals surface area contributed by atoms with Crippen LogP contribution in [-0.2, 0) is 19.4 Å². The van der Waals surface area contributed by atoms with Crippen molar-refractivity contribution in [3.63, 3.8) is 0 Å². The molecule has 4 rings (SSSR count). The molecule has 0 saturated heterocycles. The number of fused-ring (bicyclic) bond motifs is 1. The predicted molar refractivity (Wildman–Crippen MR) is 91.0 cm³/mol. The normalized spacial score (nSPS) is 13.8. The fourth-order valence-electron chi connectivity index (χ4n) is 2.92. The molecule has 0 spiro atoms. The average Bonchev–Trinajstić information content (AvgIpc) is 3.19. The van der Waals surface area contributed by atoms with Crippen molar-refractivity contribution in [1.82, 2.24) is 14.9 Å². The maximum absolute atomic E-state index is 12.6. The minimum atomic E-state index is 0.0354. The summed E-state index contributed by atoms with van der Waals surface area (Å²) in [6.45, 7) is 3.03. The van der Waals surface area contributed by atoms with E-state index in [-0.39, 0.29) is 5.91 Å². The van der Waals surface area contributed by atoms with Crippen molar-refractivity contribution in [3.05, 3.63) is 69.3 Å². The second-order valence-corrected chi connectivity index (χ2v) is 6.74. The van der Waals surface area contributed by atoms with Gasteiger partial charge in [0.1, 0.15) is 16.3 Å². The van der Waals surface area contributed by atoms with Gasteiger partial charge in [-0.25, -0.2) is 9.97 Å². The molecular weight excluding hydrogens is 322 g/mol. The highest BCUT2D eigenvalue weighted by atomic mass is 32.1. The summed E-state index contributed by atoms with van der Waals surface area (Å²) in [4.78, 5) is 23.9. The van der Waals surface area contributed by atoms with Crippen molar-refractivity contribution in [2.45, 2.75) is 26.3 Å². The van der Waals surface area contributed by atoms with E-state index in [2.05, 4.69) is 22.1 Å². The number of carbonyl (C=O) groups is 1. The molecule has 0 unspecified atom stereocenters. The zero-order valence-electron chi connectivity index (χ0n) is 13.4. The maximum Gasteiger partial charge on any atom is 0.266 e. The molecule has 3 heterocycles. The van der Waals surface area contributed by atoms with E-state index < -0.39 is 0 Å². The fourth-order valence-corrected chi connectivity index (χ4v) is 3.69. The number of carbonyl (C=O) groups excluding carboxylic acids is 1. The van der Waals surface area contributed by atoms with Gasteiger partial charge >= 0.3 is 0 Å². The molecule has 0 radical (unpaired) electrons. The van der Waals surface area contributed by atoms with Gasteiger partial charge in [0.2, 0.25) is 0 Å². The first-order chi connectivity index (χ1) is 11.7. The van der Waals surface area contributed by atoms with Gasteiger partial charge in [0.25, 0.3) is 5.91 Å². The van der Waals surface area contributed by atoms with E-state index in [0.29, 0.717) is 30.8 Å². The molecule has 5 nitrogen and oxygen atoms in total. The lowest BCUT2D eigenvalue weighted by atomic mass is 10.1. The number of aryl methyl sites for hydroxylation is 1. The van der Waals surface area contributed by atoms with E-state index in [9.17, 15) is 4.79 Å². The van der Waals surface area contributed by atoms with Crippen LogP contribution in [0.4, 0.5) is 0 Å². The Balaban J connectivity index is 1.51. The van der Waals surface area contributed by atoms with Gasteiger partial charge in [-0.15, -0.1) is 11.3 Å². The van der Waals surface area contributed by atoms with Crippen LogP contribution in [0.3, 0.4) is 0 Å². The van der Waals surface area contributed by atoms with Crippen molar-refractivity contribution in [2.24, 2.45) is 0 Å². The number of hydrogen-bond acceptors (Lipinski definition) is 5. The summed E-state index contributed by atoms with van der Waals surface area (Å²) in [6.07, 6.45) is 1.39. The summed E-state index contributed by atoms with van der Waals surface area (Å²) in [6, 6.07) is 10.1. The first-order valence-electron chi connectivity index (χ1n) is 7.91. The molecule has 0 atom stereocenters. The molecule has 122 valence electrons. The number of benzene rings is 1. The molecule has 24 heavy (non-hydrogen) atoms. The van der Waals surface area contributed by atoms with E-state index in [1.807, 2.05) is 30.0 Å².